The number of aliphatic carboxylic acids is 1. The molecular weight excluding hydrogens is 224 g/mol. The van der Waals surface area contributed by atoms with E-state index in [0.717, 1.165) is 0 Å². The number of anilines is 1. The predicted molar refractivity (Wildman–Crippen MR) is 58.4 cm³/mol. The van der Waals surface area contributed by atoms with Gasteiger partial charge in [-0.25, -0.2) is 14.8 Å². The van der Waals surface area contributed by atoms with Crippen LogP contribution in [0.1, 0.15) is 6.42 Å². The maximum Gasteiger partial charge on any atom is 0.324 e. The van der Waals surface area contributed by atoms with E-state index in [2.05, 4.69) is 15.3 Å². The Labute approximate surface area is 97.5 Å². The van der Waals surface area contributed by atoms with E-state index >= 15 is 0 Å². The van der Waals surface area contributed by atoms with Gasteiger partial charge in [0.05, 0.1) is 5.92 Å². The van der Waals surface area contributed by atoms with E-state index in [1.54, 1.807) is 6.07 Å². The van der Waals surface area contributed by atoms with Crippen molar-refractivity contribution >= 4 is 17.9 Å². The molecule has 1 saturated heterocycles. The van der Waals surface area contributed by atoms with Gasteiger partial charge in [-0.3, -0.25) is 10.1 Å². The van der Waals surface area contributed by atoms with Gasteiger partial charge in [-0.1, -0.05) is 0 Å². The number of hydrogen-bond donors (Lipinski definition) is 2. The maximum absolute atomic E-state index is 11.7. The largest absolute Gasteiger partial charge is 0.481 e. The fourth-order valence-electron chi connectivity index (χ4n) is 1.68. The third-order valence-corrected chi connectivity index (χ3v) is 2.61. The summed E-state index contributed by atoms with van der Waals surface area (Å²) >= 11 is 0. The van der Waals surface area contributed by atoms with Crippen molar-refractivity contribution in [2.45, 2.75) is 6.42 Å². The van der Waals surface area contributed by atoms with Crippen molar-refractivity contribution in [2.24, 2.45) is 5.92 Å². The molecule has 1 unspecified atom stereocenters. The molecule has 0 spiro atoms. The topological polar surface area (TPSA) is 95.4 Å². The van der Waals surface area contributed by atoms with Gasteiger partial charge in [-0.15, -0.1) is 0 Å². The molecular formula is C10H12N4O3. The number of aromatic nitrogens is 2. The van der Waals surface area contributed by atoms with E-state index in [4.69, 9.17) is 5.11 Å². The van der Waals surface area contributed by atoms with Gasteiger partial charge in [-0.05, 0) is 12.5 Å². The molecule has 2 amide bonds. The second-order valence-corrected chi connectivity index (χ2v) is 3.77. The fourth-order valence-corrected chi connectivity index (χ4v) is 1.68. The van der Waals surface area contributed by atoms with E-state index in [-0.39, 0.29) is 18.5 Å². The number of carbonyl (C=O) groups excluding carboxylic acids is 1. The van der Waals surface area contributed by atoms with Crippen molar-refractivity contribution in [1.82, 2.24) is 14.9 Å². The van der Waals surface area contributed by atoms with Crippen LogP contribution in [0.5, 0.6) is 0 Å². The molecule has 7 nitrogen and oxygen atoms in total. The molecule has 2 heterocycles. The highest BCUT2D eigenvalue weighted by atomic mass is 16.4. The second kappa shape index (κ2) is 4.77. The molecule has 7 heteroatoms. The van der Waals surface area contributed by atoms with Crippen molar-refractivity contribution in [3.05, 3.63) is 18.5 Å². The zero-order valence-electron chi connectivity index (χ0n) is 9.04. The van der Waals surface area contributed by atoms with Crippen LogP contribution in [0.4, 0.5) is 10.7 Å². The highest BCUT2D eigenvalue weighted by molar-refractivity contribution is 5.88. The van der Waals surface area contributed by atoms with Crippen LogP contribution in [0, 0.1) is 5.92 Å². The Bertz CT molecular complexity index is 423. The average Bonchev–Trinajstić information content (AvgIpc) is 2.79. The van der Waals surface area contributed by atoms with E-state index in [1.165, 1.54) is 17.3 Å². The van der Waals surface area contributed by atoms with Gasteiger partial charge < -0.3 is 10.0 Å². The summed E-state index contributed by atoms with van der Waals surface area (Å²) in [5.74, 6) is -1.12. The SMILES string of the molecule is O=C(O)C1CCN(C(=O)Nc2ncccn2)C1. The molecule has 1 fully saturated rings. The molecule has 1 aromatic heterocycles. The monoisotopic (exact) mass is 236 g/mol. The van der Waals surface area contributed by atoms with Crippen LogP contribution in [0.3, 0.4) is 0 Å². The molecule has 0 aromatic carbocycles. The molecule has 1 aromatic rings. The summed E-state index contributed by atoms with van der Waals surface area (Å²) in [7, 11) is 0. The second-order valence-electron chi connectivity index (χ2n) is 3.77. The standard InChI is InChI=1S/C10H12N4O3/c15-8(16)7-2-5-14(6-7)10(17)13-9-11-3-1-4-12-9/h1,3-4,7H,2,5-6H2,(H,15,16)(H,11,12,13,17). The lowest BCUT2D eigenvalue weighted by atomic mass is 10.1. The normalized spacial score (nSPS) is 19.1. The zero-order chi connectivity index (χ0) is 12.3. The van der Waals surface area contributed by atoms with E-state index < -0.39 is 11.9 Å². The van der Waals surface area contributed by atoms with E-state index in [1.807, 2.05) is 0 Å². The highest BCUT2D eigenvalue weighted by Gasteiger charge is 2.30. The number of carbonyl (C=O) groups is 2. The first-order valence-corrected chi connectivity index (χ1v) is 5.22. The number of carboxylic acids is 1. The van der Waals surface area contributed by atoms with Crippen LogP contribution in [-0.4, -0.2) is 45.1 Å². The lowest BCUT2D eigenvalue weighted by Crippen LogP contribution is -2.34. The van der Waals surface area contributed by atoms with Crippen molar-refractivity contribution in [3.63, 3.8) is 0 Å². The molecule has 0 bridgehead atoms. The van der Waals surface area contributed by atoms with Gasteiger partial charge in [-0.2, -0.15) is 0 Å². The Balaban J connectivity index is 1.92. The van der Waals surface area contributed by atoms with Crippen LogP contribution < -0.4 is 5.32 Å². The molecule has 1 aliphatic rings. The minimum absolute atomic E-state index is 0.219. The lowest BCUT2D eigenvalue weighted by molar-refractivity contribution is -0.141. The van der Waals surface area contributed by atoms with Crippen molar-refractivity contribution in [1.29, 1.82) is 0 Å². The van der Waals surface area contributed by atoms with Crippen LogP contribution in [0.25, 0.3) is 0 Å². The first kappa shape index (κ1) is 11.3. The summed E-state index contributed by atoms with van der Waals surface area (Å²) in [6.45, 7) is 0.670. The van der Waals surface area contributed by atoms with E-state index in [0.29, 0.717) is 13.0 Å². The highest BCUT2D eigenvalue weighted by Crippen LogP contribution is 2.16. The summed E-state index contributed by atoms with van der Waals surface area (Å²) in [5, 5.41) is 11.3. The van der Waals surface area contributed by atoms with Crippen molar-refractivity contribution in [3.8, 4) is 0 Å². The van der Waals surface area contributed by atoms with Gasteiger partial charge in [0.1, 0.15) is 0 Å². The van der Waals surface area contributed by atoms with Crippen molar-refractivity contribution < 1.29 is 14.7 Å². The van der Waals surface area contributed by atoms with E-state index in [9.17, 15) is 9.59 Å². The predicted octanol–water partition coefficient (Wildman–Crippen LogP) is 0.415. The third kappa shape index (κ3) is 2.68. The number of hydrogen-bond acceptors (Lipinski definition) is 4. The molecule has 1 aliphatic heterocycles. The zero-order valence-corrected chi connectivity index (χ0v) is 9.04. The summed E-state index contributed by atoms with van der Waals surface area (Å²) in [6, 6.07) is 1.28. The summed E-state index contributed by atoms with van der Waals surface area (Å²) in [6.07, 6.45) is 3.53. The number of nitrogens with zero attached hydrogens (tertiary/aromatic N) is 3. The first-order valence-electron chi connectivity index (χ1n) is 5.22. The Morgan fingerprint density at radius 1 is 1.41 bits per heavy atom. The number of amides is 2. The minimum Gasteiger partial charge on any atom is -0.481 e. The quantitative estimate of drug-likeness (QED) is 0.775. The van der Waals surface area contributed by atoms with Gasteiger partial charge in [0.15, 0.2) is 0 Å². The van der Waals surface area contributed by atoms with Crippen molar-refractivity contribution in [2.75, 3.05) is 18.4 Å². The van der Waals surface area contributed by atoms with Gasteiger partial charge in [0.2, 0.25) is 5.95 Å². The average molecular weight is 236 g/mol. The smallest absolute Gasteiger partial charge is 0.324 e. The molecule has 17 heavy (non-hydrogen) atoms. The first-order chi connectivity index (χ1) is 8.16. The Morgan fingerprint density at radius 3 is 2.71 bits per heavy atom. The summed E-state index contributed by atoms with van der Waals surface area (Å²) < 4.78 is 0. The Morgan fingerprint density at radius 2 is 2.12 bits per heavy atom. The molecule has 1 atom stereocenters. The number of carboxylic acid groups (broad SMARTS) is 1. The van der Waals surface area contributed by atoms with Crippen LogP contribution in [0.2, 0.25) is 0 Å². The lowest BCUT2D eigenvalue weighted by Gasteiger charge is -2.15. The molecule has 2 rings (SSSR count). The summed E-state index contributed by atoms with van der Waals surface area (Å²) in [4.78, 5) is 31.6. The van der Waals surface area contributed by atoms with Crippen LogP contribution >= 0.6 is 0 Å². The van der Waals surface area contributed by atoms with Gasteiger partial charge in [0, 0.05) is 25.5 Å². The number of likely N-dealkylation sites (tertiary alicyclic amines) is 1. The molecule has 0 aliphatic carbocycles. The Kier molecular flexibility index (Phi) is 3.17. The van der Waals surface area contributed by atoms with Gasteiger partial charge in [0.25, 0.3) is 0 Å². The summed E-state index contributed by atoms with van der Waals surface area (Å²) in [5.41, 5.74) is 0. The third-order valence-electron chi connectivity index (χ3n) is 2.61. The fraction of sp³-hybridized carbons (Fsp3) is 0.400. The minimum atomic E-state index is -0.865. The molecule has 90 valence electrons. The molecule has 0 saturated carbocycles. The number of nitrogens with one attached hydrogen (secondary N) is 1. The molecule has 0 radical (unpaired) electrons. The van der Waals surface area contributed by atoms with Crippen LogP contribution in [-0.2, 0) is 4.79 Å². The number of urea groups is 1. The van der Waals surface area contributed by atoms with Crippen LogP contribution in [0.15, 0.2) is 18.5 Å². The molecule has 2 N–H and O–H groups in total. The maximum atomic E-state index is 11.7. The number of rotatable bonds is 2. The van der Waals surface area contributed by atoms with Gasteiger partial charge >= 0.3 is 12.0 Å². The Hall–Kier alpha value is -2.18.